The summed E-state index contributed by atoms with van der Waals surface area (Å²) in [6.45, 7) is 0. The Morgan fingerprint density at radius 2 is 1.94 bits per heavy atom. The Balaban J connectivity index is 1.59. The maximum absolute atomic E-state index is 14.5. The van der Waals surface area contributed by atoms with E-state index in [-0.39, 0.29) is 34.3 Å². The number of thioether (sulfide) groups is 1. The van der Waals surface area contributed by atoms with Gasteiger partial charge in [0.15, 0.2) is 5.17 Å². The first-order valence-corrected chi connectivity index (χ1v) is 11.9. The van der Waals surface area contributed by atoms with E-state index >= 15 is 0 Å². The van der Waals surface area contributed by atoms with Crippen LogP contribution >= 0.6 is 35.0 Å². The SMILES string of the molecule is O=C(CSC1=NC(=Cc2ccc(Cl)c(Cl)c2)C(=O)N1c1ccccc1F)NC1CCCC1. The van der Waals surface area contributed by atoms with Crippen LogP contribution < -0.4 is 10.2 Å². The smallest absolute Gasteiger partial charge is 0.283 e. The molecule has 1 heterocycles. The summed E-state index contributed by atoms with van der Waals surface area (Å²) in [5.41, 5.74) is 0.827. The van der Waals surface area contributed by atoms with Gasteiger partial charge < -0.3 is 5.32 Å². The van der Waals surface area contributed by atoms with Gasteiger partial charge in [0.25, 0.3) is 5.91 Å². The lowest BCUT2D eigenvalue weighted by atomic mass is 10.2. The van der Waals surface area contributed by atoms with Gasteiger partial charge in [-0.15, -0.1) is 0 Å². The number of nitrogens with zero attached hydrogens (tertiary/aromatic N) is 2. The molecule has 9 heteroatoms. The fraction of sp³-hybridized carbons (Fsp3) is 0.261. The summed E-state index contributed by atoms with van der Waals surface area (Å²) >= 11 is 13.1. The molecule has 1 N–H and O–H groups in total. The number of halogens is 3. The van der Waals surface area contributed by atoms with Gasteiger partial charge in [-0.1, -0.05) is 66.0 Å². The topological polar surface area (TPSA) is 61.8 Å². The zero-order valence-electron chi connectivity index (χ0n) is 17.0. The number of aliphatic imine (C=N–C) groups is 1. The zero-order chi connectivity index (χ0) is 22.7. The largest absolute Gasteiger partial charge is 0.353 e. The molecule has 1 aliphatic heterocycles. The first-order chi connectivity index (χ1) is 15.4. The van der Waals surface area contributed by atoms with E-state index < -0.39 is 11.7 Å². The van der Waals surface area contributed by atoms with Crippen molar-refractivity contribution in [2.45, 2.75) is 31.7 Å². The number of hydrogen-bond acceptors (Lipinski definition) is 4. The van der Waals surface area contributed by atoms with E-state index in [1.165, 1.54) is 17.0 Å². The van der Waals surface area contributed by atoms with Crippen molar-refractivity contribution < 1.29 is 14.0 Å². The molecule has 2 aromatic carbocycles. The second-order valence-electron chi connectivity index (χ2n) is 7.53. The molecular weight excluding hydrogens is 472 g/mol. The van der Waals surface area contributed by atoms with Crippen molar-refractivity contribution in [3.63, 3.8) is 0 Å². The monoisotopic (exact) mass is 491 g/mol. The van der Waals surface area contributed by atoms with Crippen LogP contribution in [0.25, 0.3) is 6.08 Å². The van der Waals surface area contributed by atoms with Crippen molar-refractivity contribution in [3.8, 4) is 0 Å². The molecule has 0 atom stereocenters. The number of amidine groups is 1. The van der Waals surface area contributed by atoms with Gasteiger partial charge in [-0.3, -0.25) is 14.5 Å². The number of rotatable bonds is 5. The van der Waals surface area contributed by atoms with Crippen LogP contribution in [0.1, 0.15) is 31.2 Å². The lowest BCUT2D eigenvalue weighted by Gasteiger charge is -2.18. The standard InChI is InChI=1S/C23H20Cl2FN3O2S/c24-16-10-9-14(11-17(16)25)12-19-22(31)29(20-8-4-3-7-18(20)26)23(28-19)32-13-21(30)27-15-5-1-2-6-15/h3-4,7-12,15H,1-2,5-6,13H2,(H,27,30). The number of hydrogen-bond donors (Lipinski definition) is 1. The van der Waals surface area contributed by atoms with Crippen LogP contribution in [0.5, 0.6) is 0 Å². The maximum atomic E-state index is 14.5. The molecule has 0 radical (unpaired) electrons. The molecule has 5 nitrogen and oxygen atoms in total. The molecule has 2 aliphatic rings. The molecule has 166 valence electrons. The van der Waals surface area contributed by atoms with Gasteiger partial charge >= 0.3 is 0 Å². The highest BCUT2D eigenvalue weighted by Crippen LogP contribution is 2.32. The van der Waals surface area contributed by atoms with E-state index in [1.54, 1.807) is 36.4 Å². The van der Waals surface area contributed by atoms with Crippen LogP contribution in [0.4, 0.5) is 10.1 Å². The Morgan fingerprint density at radius 3 is 2.66 bits per heavy atom. The number of benzene rings is 2. The minimum absolute atomic E-state index is 0.0770. The highest BCUT2D eigenvalue weighted by atomic mass is 35.5. The maximum Gasteiger partial charge on any atom is 0.283 e. The molecule has 0 spiro atoms. The second kappa shape index (κ2) is 10.1. The Kier molecular flexibility index (Phi) is 7.18. The van der Waals surface area contributed by atoms with E-state index in [9.17, 15) is 14.0 Å². The number of amides is 2. The van der Waals surface area contributed by atoms with Crippen LogP contribution in [-0.2, 0) is 9.59 Å². The molecule has 0 unspecified atom stereocenters. The van der Waals surface area contributed by atoms with Gasteiger partial charge in [0.05, 0.1) is 21.5 Å². The minimum Gasteiger partial charge on any atom is -0.353 e. The fourth-order valence-corrected chi connectivity index (χ4v) is 4.79. The van der Waals surface area contributed by atoms with Gasteiger partial charge in [0.1, 0.15) is 11.5 Å². The van der Waals surface area contributed by atoms with E-state index in [0.717, 1.165) is 37.4 Å². The number of para-hydroxylation sites is 1. The van der Waals surface area contributed by atoms with Gasteiger partial charge in [-0.05, 0) is 48.7 Å². The highest BCUT2D eigenvalue weighted by molar-refractivity contribution is 8.14. The molecule has 4 rings (SSSR count). The minimum atomic E-state index is -0.555. The Bertz CT molecular complexity index is 1120. The van der Waals surface area contributed by atoms with Gasteiger partial charge in [0, 0.05) is 6.04 Å². The van der Waals surface area contributed by atoms with Crippen molar-refractivity contribution >= 4 is 63.7 Å². The molecule has 2 aromatic rings. The molecule has 0 aromatic heterocycles. The number of carbonyl (C=O) groups excluding carboxylic acids is 2. The summed E-state index contributed by atoms with van der Waals surface area (Å²) in [5.74, 6) is -1.10. The van der Waals surface area contributed by atoms with Crippen LogP contribution in [0.2, 0.25) is 10.0 Å². The second-order valence-corrected chi connectivity index (χ2v) is 9.28. The summed E-state index contributed by atoms with van der Waals surface area (Å²) < 4.78 is 14.5. The molecule has 0 bridgehead atoms. The highest BCUT2D eigenvalue weighted by Gasteiger charge is 2.34. The number of nitrogens with one attached hydrogen (secondary N) is 1. The van der Waals surface area contributed by atoms with Crippen LogP contribution in [0.15, 0.2) is 53.2 Å². The Hall–Kier alpha value is -2.35. The summed E-state index contributed by atoms with van der Waals surface area (Å²) in [4.78, 5) is 31.1. The third-order valence-electron chi connectivity index (χ3n) is 5.22. The molecule has 1 saturated carbocycles. The summed E-state index contributed by atoms with van der Waals surface area (Å²) in [7, 11) is 0. The summed E-state index contributed by atoms with van der Waals surface area (Å²) in [6, 6.07) is 11.1. The molecule has 1 aliphatic carbocycles. The van der Waals surface area contributed by atoms with E-state index in [2.05, 4.69) is 10.3 Å². The van der Waals surface area contributed by atoms with E-state index in [0.29, 0.717) is 15.6 Å². The molecule has 32 heavy (non-hydrogen) atoms. The van der Waals surface area contributed by atoms with Gasteiger partial charge in [-0.25, -0.2) is 9.38 Å². The normalized spacial score (nSPS) is 17.8. The quantitative estimate of drug-likeness (QED) is 0.548. The van der Waals surface area contributed by atoms with Crippen LogP contribution in [0.3, 0.4) is 0 Å². The Labute approximate surface area is 199 Å². The van der Waals surface area contributed by atoms with Crippen molar-refractivity contribution in [3.05, 3.63) is 69.6 Å². The summed E-state index contributed by atoms with van der Waals surface area (Å²) in [6.07, 6.45) is 5.75. The van der Waals surface area contributed by atoms with Crippen molar-refractivity contribution in [2.75, 3.05) is 10.7 Å². The average molecular weight is 492 g/mol. The first-order valence-electron chi connectivity index (χ1n) is 10.2. The first kappa shape index (κ1) is 22.8. The van der Waals surface area contributed by atoms with Gasteiger partial charge in [-0.2, -0.15) is 0 Å². The predicted octanol–water partition coefficient (Wildman–Crippen LogP) is 5.67. The molecule has 0 saturated heterocycles. The summed E-state index contributed by atoms with van der Waals surface area (Å²) in [5, 5.41) is 3.99. The van der Waals surface area contributed by atoms with Crippen molar-refractivity contribution in [2.24, 2.45) is 4.99 Å². The third kappa shape index (κ3) is 5.17. The van der Waals surface area contributed by atoms with E-state index in [4.69, 9.17) is 23.2 Å². The van der Waals surface area contributed by atoms with Crippen molar-refractivity contribution in [1.82, 2.24) is 5.32 Å². The fourth-order valence-electron chi connectivity index (χ4n) is 3.67. The molecule has 1 fully saturated rings. The molecule has 2 amide bonds. The average Bonchev–Trinajstić information content (AvgIpc) is 3.38. The molecular formula is C23H20Cl2FN3O2S. The predicted molar refractivity (Wildman–Crippen MR) is 129 cm³/mol. The third-order valence-corrected chi connectivity index (χ3v) is 6.90. The Morgan fingerprint density at radius 1 is 1.19 bits per heavy atom. The zero-order valence-corrected chi connectivity index (χ0v) is 19.3. The van der Waals surface area contributed by atoms with Crippen molar-refractivity contribution in [1.29, 1.82) is 0 Å². The van der Waals surface area contributed by atoms with Crippen LogP contribution in [-0.4, -0.2) is 28.8 Å². The van der Waals surface area contributed by atoms with Crippen LogP contribution in [0, 0.1) is 5.82 Å². The lowest BCUT2D eigenvalue weighted by molar-refractivity contribution is -0.119. The lowest BCUT2D eigenvalue weighted by Crippen LogP contribution is -2.36. The van der Waals surface area contributed by atoms with E-state index in [1.807, 2.05) is 0 Å². The number of carbonyl (C=O) groups is 2. The number of anilines is 1. The van der Waals surface area contributed by atoms with Gasteiger partial charge in [0.2, 0.25) is 5.91 Å².